The maximum Gasteiger partial charge on any atom is 0.239 e. The molecule has 0 aliphatic heterocycles. The normalized spacial score (nSPS) is 12.1. The topological polar surface area (TPSA) is 65.5 Å². The van der Waals surface area contributed by atoms with Crippen molar-refractivity contribution in [2.24, 2.45) is 0 Å². The molecule has 0 fully saturated rings. The third-order valence-electron chi connectivity index (χ3n) is 3.04. The van der Waals surface area contributed by atoms with E-state index in [0.717, 1.165) is 5.56 Å². The molecule has 6 heteroatoms. The maximum atomic E-state index is 11.9. The number of aryl methyl sites for hydroxylation is 1. The SMILES string of the molecule is Cc1ccnc(NC(=O)CN(C)C(C)C(=O)N(C)C)c1. The molecular formula is C14H22N4O2. The Labute approximate surface area is 119 Å². The van der Waals surface area contributed by atoms with Crippen molar-refractivity contribution in [2.45, 2.75) is 19.9 Å². The summed E-state index contributed by atoms with van der Waals surface area (Å²) >= 11 is 0. The van der Waals surface area contributed by atoms with E-state index in [-0.39, 0.29) is 24.4 Å². The highest BCUT2D eigenvalue weighted by atomic mass is 16.2. The van der Waals surface area contributed by atoms with Gasteiger partial charge >= 0.3 is 0 Å². The monoisotopic (exact) mass is 278 g/mol. The van der Waals surface area contributed by atoms with Crippen molar-refractivity contribution in [2.75, 3.05) is 33.0 Å². The number of hydrogen-bond donors (Lipinski definition) is 1. The van der Waals surface area contributed by atoms with Crippen LogP contribution in [0.1, 0.15) is 12.5 Å². The van der Waals surface area contributed by atoms with Crippen LogP contribution in [-0.4, -0.2) is 60.3 Å². The first-order chi connectivity index (χ1) is 9.31. The number of pyridine rings is 1. The maximum absolute atomic E-state index is 11.9. The highest BCUT2D eigenvalue weighted by Crippen LogP contribution is 2.06. The summed E-state index contributed by atoms with van der Waals surface area (Å²) in [5.41, 5.74) is 1.03. The van der Waals surface area contributed by atoms with Crippen LogP contribution in [0.3, 0.4) is 0 Å². The second-order valence-corrected chi connectivity index (χ2v) is 5.09. The van der Waals surface area contributed by atoms with Gasteiger partial charge in [0.15, 0.2) is 0 Å². The van der Waals surface area contributed by atoms with Crippen molar-refractivity contribution < 1.29 is 9.59 Å². The lowest BCUT2D eigenvalue weighted by Crippen LogP contribution is -2.45. The van der Waals surface area contributed by atoms with Gasteiger partial charge in [0.05, 0.1) is 12.6 Å². The van der Waals surface area contributed by atoms with Crippen LogP contribution in [-0.2, 0) is 9.59 Å². The number of carbonyl (C=O) groups excluding carboxylic acids is 2. The number of amides is 2. The molecular weight excluding hydrogens is 256 g/mol. The van der Waals surface area contributed by atoms with Gasteiger partial charge in [-0.15, -0.1) is 0 Å². The van der Waals surface area contributed by atoms with Crippen LogP contribution in [0.2, 0.25) is 0 Å². The molecule has 1 aromatic rings. The van der Waals surface area contributed by atoms with E-state index < -0.39 is 0 Å². The first kappa shape index (κ1) is 16.1. The Morgan fingerprint density at radius 1 is 1.35 bits per heavy atom. The van der Waals surface area contributed by atoms with Crippen molar-refractivity contribution >= 4 is 17.6 Å². The van der Waals surface area contributed by atoms with Gasteiger partial charge in [-0.25, -0.2) is 4.98 Å². The van der Waals surface area contributed by atoms with E-state index in [1.165, 1.54) is 4.90 Å². The van der Waals surface area contributed by atoms with Crippen molar-refractivity contribution in [1.29, 1.82) is 0 Å². The molecule has 0 spiro atoms. The van der Waals surface area contributed by atoms with E-state index in [1.54, 1.807) is 45.2 Å². The zero-order chi connectivity index (χ0) is 15.3. The van der Waals surface area contributed by atoms with Crippen molar-refractivity contribution in [3.05, 3.63) is 23.9 Å². The van der Waals surface area contributed by atoms with E-state index in [9.17, 15) is 9.59 Å². The van der Waals surface area contributed by atoms with Crippen LogP contribution in [0, 0.1) is 6.92 Å². The third-order valence-corrected chi connectivity index (χ3v) is 3.04. The van der Waals surface area contributed by atoms with Gasteiger partial charge in [-0.1, -0.05) is 0 Å². The van der Waals surface area contributed by atoms with Crippen LogP contribution < -0.4 is 5.32 Å². The molecule has 0 saturated carbocycles. The molecule has 0 saturated heterocycles. The summed E-state index contributed by atoms with van der Waals surface area (Å²) in [5, 5.41) is 2.72. The van der Waals surface area contributed by atoms with Crippen LogP contribution in [0.15, 0.2) is 18.3 Å². The zero-order valence-corrected chi connectivity index (χ0v) is 12.7. The summed E-state index contributed by atoms with van der Waals surface area (Å²) in [7, 11) is 5.14. The molecule has 20 heavy (non-hydrogen) atoms. The van der Waals surface area contributed by atoms with E-state index in [0.29, 0.717) is 5.82 Å². The highest BCUT2D eigenvalue weighted by Gasteiger charge is 2.21. The summed E-state index contributed by atoms with van der Waals surface area (Å²) in [6.07, 6.45) is 1.65. The summed E-state index contributed by atoms with van der Waals surface area (Å²) in [5.74, 6) is 0.299. The third kappa shape index (κ3) is 4.62. The van der Waals surface area contributed by atoms with Gasteiger partial charge in [0.25, 0.3) is 0 Å². The standard InChI is InChI=1S/C14H22N4O2/c1-10-6-7-15-12(8-10)16-13(19)9-18(5)11(2)14(20)17(3)4/h6-8,11H,9H2,1-5H3,(H,15,16,19). The molecule has 0 bridgehead atoms. The molecule has 0 aliphatic carbocycles. The first-order valence-corrected chi connectivity index (χ1v) is 6.45. The van der Waals surface area contributed by atoms with Crippen molar-refractivity contribution in [3.8, 4) is 0 Å². The van der Waals surface area contributed by atoms with E-state index >= 15 is 0 Å². The predicted octanol–water partition coefficient (Wildman–Crippen LogP) is 0.737. The molecule has 0 aromatic carbocycles. The van der Waals surface area contributed by atoms with E-state index in [2.05, 4.69) is 10.3 Å². The van der Waals surface area contributed by atoms with Gasteiger partial charge in [0.1, 0.15) is 5.82 Å². The van der Waals surface area contributed by atoms with Crippen LogP contribution in [0.25, 0.3) is 0 Å². The van der Waals surface area contributed by atoms with Crippen LogP contribution in [0.5, 0.6) is 0 Å². The van der Waals surface area contributed by atoms with Gasteiger partial charge in [-0.2, -0.15) is 0 Å². The number of rotatable bonds is 5. The van der Waals surface area contributed by atoms with Gasteiger partial charge in [0, 0.05) is 20.3 Å². The molecule has 1 atom stereocenters. The minimum atomic E-state index is -0.346. The largest absolute Gasteiger partial charge is 0.347 e. The Morgan fingerprint density at radius 2 is 2.00 bits per heavy atom. The Morgan fingerprint density at radius 3 is 2.55 bits per heavy atom. The molecule has 1 N–H and O–H groups in total. The Balaban J connectivity index is 2.56. The smallest absolute Gasteiger partial charge is 0.239 e. The minimum absolute atomic E-state index is 0.0334. The number of nitrogens with zero attached hydrogens (tertiary/aromatic N) is 3. The average Bonchev–Trinajstić information content (AvgIpc) is 2.36. The van der Waals surface area contributed by atoms with Crippen LogP contribution >= 0.6 is 0 Å². The van der Waals surface area contributed by atoms with Crippen molar-refractivity contribution in [1.82, 2.24) is 14.8 Å². The summed E-state index contributed by atoms with van der Waals surface area (Å²) in [6, 6.07) is 3.31. The summed E-state index contributed by atoms with van der Waals surface area (Å²) in [6.45, 7) is 3.85. The van der Waals surface area contributed by atoms with Gasteiger partial charge < -0.3 is 10.2 Å². The number of carbonyl (C=O) groups is 2. The molecule has 0 aliphatic rings. The summed E-state index contributed by atoms with van der Waals surface area (Å²) < 4.78 is 0. The zero-order valence-electron chi connectivity index (χ0n) is 12.7. The van der Waals surface area contributed by atoms with Gasteiger partial charge in [-0.3, -0.25) is 14.5 Å². The lowest BCUT2D eigenvalue weighted by atomic mass is 10.2. The fourth-order valence-corrected chi connectivity index (χ4v) is 1.71. The quantitative estimate of drug-likeness (QED) is 0.862. The number of likely N-dealkylation sites (N-methyl/N-ethyl adjacent to an activating group) is 2. The van der Waals surface area contributed by atoms with E-state index in [4.69, 9.17) is 0 Å². The molecule has 110 valence electrons. The molecule has 2 amide bonds. The average molecular weight is 278 g/mol. The number of anilines is 1. The lowest BCUT2D eigenvalue weighted by molar-refractivity contribution is -0.133. The second kappa shape index (κ2) is 7.00. The molecule has 0 radical (unpaired) electrons. The number of hydrogen-bond acceptors (Lipinski definition) is 4. The predicted molar refractivity (Wildman–Crippen MR) is 78.4 cm³/mol. The van der Waals surface area contributed by atoms with E-state index in [1.807, 2.05) is 13.0 Å². The minimum Gasteiger partial charge on any atom is -0.347 e. The second-order valence-electron chi connectivity index (χ2n) is 5.09. The fraction of sp³-hybridized carbons (Fsp3) is 0.500. The Bertz CT molecular complexity index is 488. The number of nitrogens with one attached hydrogen (secondary N) is 1. The first-order valence-electron chi connectivity index (χ1n) is 6.45. The highest BCUT2D eigenvalue weighted by molar-refractivity contribution is 5.92. The molecule has 1 rings (SSSR count). The van der Waals surface area contributed by atoms with Crippen LogP contribution in [0.4, 0.5) is 5.82 Å². The molecule has 1 heterocycles. The van der Waals surface area contributed by atoms with Gasteiger partial charge in [-0.05, 0) is 38.6 Å². The molecule has 1 unspecified atom stereocenters. The molecule has 1 aromatic heterocycles. The summed E-state index contributed by atoms with van der Waals surface area (Å²) in [4.78, 5) is 31.0. The van der Waals surface area contributed by atoms with Gasteiger partial charge in [0.2, 0.25) is 11.8 Å². The van der Waals surface area contributed by atoms with Crippen molar-refractivity contribution in [3.63, 3.8) is 0 Å². The Hall–Kier alpha value is -1.95. The molecule has 6 nitrogen and oxygen atoms in total. The Kier molecular flexibility index (Phi) is 5.64. The fourth-order valence-electron chi connectivity index (χ4n) is 1.71. The lowest BCUT2D eigenvalue weighted by Gasteiger charge is -2.25. The number of aromatic nitrogens is 1.